The molecule has 1 unspecified atom stereocenters. The summed E-state index contributed by atoms with van der Waals surface area (Å²) in [7, 11) is 0. The number of nitrogens with one attached hydrogen (secondary N) is 2. The first-order valence-corrected chi connectivity index (χ1v) is 5.48. The van der Waals surface area contributed by atoms with Crippen molar-refractivity contribution in [3.8, 4) is 0 Å². The van der Waals surface area contributed by atoms with Crippen molar-refractivity contribution in [1.82, 2.24) is 10.6 Å². The van der Waals surface area contributed by atoms with Gasteiger partial charge in [0.2, 0.25) is 5.91 Å². The number of hydrogen-bond donors (Lipinski definition) is 2. The van der Waals surface area contributed by atoms with Gasteiger partial charge in [0.25, 0.3) is 0 Å². The Balaban J connectivity index is 2.03. The number of amides is 1. The minimum atomic E-state index is 0.145. The summed E-state index contributed by atoms with van der Waals surface area (Å²) in [6, 6.07) is 0.578. The van der Waals surface area contributed by atoms with E-state index in [0.717, 1.165) is 19.5 Å². The van der Waals surface area contributed by atoms with Crippen LogP contribution in [0.4, 0.5) is 0 Å². The monoisotopic (exact) mass is 196 g/mol. The summed E-state index contributed by atoms with van der Waals surface area (Å²) in [6.45, 7) is 3.46. The molecule has 0 heterocycles. The van der Waals surface area contributed by atoms with Gasteiger partial charge in [0, 0.05) is 25.6 Å². The minimum absolute atomic E-state index is 0.145. The van der Waals surface area contributed by atoms with Crippen molar-refractivity contribution in [3.05, 3.63) is 12.2 Å². The zero-order valence-corrected chi connectivity index (χ0v) is 8.88. The molecule has 0 saturated carbocycles. The zero-order chi connectivity index (χ0) is 10.2. The molecule has 0 aromatic rings. The Morgan fingerprint density at radius 3 is 3.00 bits per heavy atom. The van der Waals surface area contributed by atoms with Crippen molar-refractivity contribution in [2.45, 2.75) is 38.6 Å². The molecule has 14 heavy (non-hydrogen) atoms. The van der Waals surface area contributed by atoms with Gasteiger partial charge in [0.15, 0.2) is 0 Å². The van der Waals surface area contributed by atoms with Crippen LogP contribution in [-0.2, 0) is 4.79 Å². The van der Waals surface area contributed by atoms with Crippen LogP contribution in [0.1, 0.15) is 32.6 Å². The normalized spacial score (nSPS) is 20.8. The Morgan fingerprint density at radius 2 is 2.36 bits per heavy atom. The third kappa shape index (κ3) is 4.42. The fourth-order valence-electron chi connectivity index (χ4n) is 1.65. The van der Waals surface area contributed by atoms with Gasteiger partial charge in [-0.05, 0) is 26.2 Å². The highest BCUT2D eigenvalue weighted by Gasteiger charge is 2.08. The Hall–Kier alpha value is -0.830. The fraction of sp³-hybridized carbons (Fsp3) is 0.727. The molecule has 3 heteroatoms. The molecule has 1 aliphatic carbocycles. The van der Waals surface area contributed by atoms with E-state index in [0.29, 0.717) is 12.5 Å². The topological polar surface area (TPSA) is 41.1 Å². The third-order valence-electron chi connectivity index (χ3n) is 2.43. The molecule has 80 valence electrons. The number of carbonyl (C=O) groups is 1. The summed E-state index contributed by atoms with van der Waals surface area (Å²) in [5, 5.41) is 6.19. The van der Waals surface area contributed by atoms with E-state index in [-0.39, 0.29) is 5.91 Å². The Kier molecular flexibility index (Phi) is 5.30. The molecule has 0 fully saturated rings. The number of carbonyl (C=O) groups excluding carboxylic acids is 1. The molecule has 1 amide bonds. The van der Waals surface area contributed by atoms with Crippen LogP contribution in [0.5, 0.6) is 0 Å². The van der Waals surface area contributed by atoms with Crippen molar-refractivity contribution < 1.29 is 4.79 Å². The molecule has 1 atom stereocenters. The quantitative estimate of drug-likeness (QED) is 0.649. The second-order valence-electron chi connectivity index (χ2n) is 3.64. The van der Waals surface area contributed by atoms with E-state index in [4.69, 9.17) is 0 Å². The first-order valence-electron chi connectivity index (χ1n) is 5.48. The molecular weight excluding hydrogens is 176 g/mol. The summed E-state index contributed by atoms with van der Waals surface area (Å²) >= 11 is 0. The average molecular weight is 196 g/mol. The molecule has 3 nitrogen and oxygen atoms in total. The zero-order valence-electron chi connectivity index (χ0n) is 8.88. The third-order valence-corrected chi connectivity index (χ3v) is 2.43. The maximum absolute atomic E-state index is 11.1. The van der Waals surface area contributed by atoms with Gasteiger partial charge in [-0.15, -0.1) is 0 Å². The highest BCUT2D eigenvalue weighted by Crippen LogP contribution is 2.09. The Morgan fingerprint density at radius 1 is 1.50 bits per heavy atom. The van der Waals surface area contributed by atoms with Gasteiger partial charge >= 0.3 is 0 Å². The van der Waals surface area contributed by atoms with Crippen molar-refractivity contribution in [2.24, 2.45) is 0 Å². The lowest BCUT2D eigenvalue weighted by atomic mass is 10.0. The van der Waals surface area contributed by atoms with Crippen molar-refractivity contribution >= 4 is 5.91 Å². The molecule has 1 rings (SSSR count). The predicted molar refractivity (Wildman–Crippen MR) is 58.1 cm³/mol. The molecule has 0 aromatic heterocycles. The van der Waals surface area contributed by atoms with E-state index in [1.807, 2.05) is 6.92 Å². The maximum Gasteiger partial charge on any atom is 0.221 e. The molecule has 0 aromatic carbocycles. The molecule has 0 bridgehead atoms. The van der Waals surface area contributed by atoms with E-state index in [1.165, 1.54) is 12.8 Å². The minimum Gasteiger partial charge on any atom is -0.356 e. The summed E-state index contributed by atoms with van der Waals surface area (Å²) in [5.74, 6) is 0.145. The molecule has 0 aliphatic heterocycles. The molecule has 0 spiro atoms. The van der Waals surface area contributed by atoms with Crippen molar-refractivity contribution in [1.29, 1.82) is 0 Å². The van der Waals surface area contributed by atoms with Crippen LogP contribution in [0.25, 0.3) is 0 Å². The van der Waals surface area contributed by atoms with Crippen LogP contribution in [0.15, 0.2) is 12.2 Å². The second kappa shape index (κ2) is 6.60. The van der Waals surface area contributed by atoms with Crippen LogP contribution < -0.4 is 10.6 Å². The average Bonchev–Trinajstić information content (AvgIpc) is 2.20. The van der Waals surface area contributed by atoms with Crippen molar-refractivity contribution in [2.75, 3.05) is 13.1 Å². The first-order chi connectivity index (χ1) is 6.83. The smallest absolute Gasteiger partial charge is 0.221 e. The van der Waals surface area contributed by atoms with Crippen LogP contribution in [0.2, 0.25) is 0 Å². The fourth-order valence-corrected chi connectivity index (χ4v) is 1.65. The highest BCUT2D eigenvalue weighted by molar-refractivity contribution is 5.75. The molecule has 2 N–H and O–H groups in total. The van der Waals surface area contributed by atoms with Gasteiger partial charge in [0.1, 0.15) is 0 Å². The summed E-state index contributed by atoms with van der Waals surface area (Å²) < 4.78 is 0. The van der Waals surface area contributed by atoms with Crippen LogP contribution in [0, 0.1) is 0 Å². The largest absolute Gasteiger partial charge is 0.356 e. The summed E-state index contributed by atoms with van der Waals surface area (Å²) in [4.78, 5) is 11.1. The molecular formula is C11H20N2O. The standard InChI is InChI=1S/C11H20N2O/c1-2-12-11(14)8-9-13-10-6-4-3-5-7-10/h3-4,10,13H,2,5-9H2,1H3,(H,12,14). The number of rotatable bonds is 5. The van der Waals surface area contributed by atoms with E-state index in [9.17, 15) is 4.79 Å². The second-order valence-corrected chi connectivity index (χ2v) is 3.64. The van der Waals surface area contributed by atoms with Crippen molar-refractivity contribution in [3.63, 3.8) is 0 Å². The number of hydrogen-bond acceptors (Lipinski definition) is 2. The van der Waals surface area contributed by atoms with Gasteiger partial charge in [-0.3, -0.25) is 4.79 Å². The first kappa shape index (κ1) is 11.2. The Labute approximate surface area is 86.0 Å². The molecule has 1 aliphatic rings. The van der Waals surface area contributed by atoms with Gasteiger partial charge in [0.05, 0.1) is 0 Å². The maximum atomic E-state index is 11.1. The van der Waals surface area contributed by atoms with Gasteiger partial charge in [-0.25, -0.2) is 0 Å². The van der Waals surface area contributed by atoms with E-state index in [1.54, 1.807) is 0 Å². The molecule has 0 radical (unpaired) electrons. The highest BCUT2D eigenvalue weighted by atomic mass is 16.1. The molecule has 0 saturated heterocycles. The van der Waals surface area contributed by atoms with Crippen LogP contribution in [0.3, 0.4) is 0 Å². The lowest BCUT2D eigenvalue weighted by Gasteiger charge is -2.18. The number of allylic oxidation sites excluding steroid dienone is 1. The lowest BCUT2D eigenvalue weighted by molar-refractivity contribution is -0.120. The van der Waals surface area contributed by atoms with Gasteiger partial charge in [-0.2, -0.15) is 0 Å². The van der Waals surface area contributed by atoms with Crippen LogP contribution >= 0.6 is 0 Å². The van der Waals surface area contributed by atoms with Crippen LogP contribution in [-0.4, -0.2) is 25.0 Å². The van der Waals surface area contributed by atoms with Gasteiger partial charge in [-0.1, -0.05) is 12.2 Å². The lowest BCUT2D eigenvalue weighted by Crippen LogP contribution is -2.33. The predicted octanol–water partition coefficient (Wildman–Crippen LogP) is 1.21. The van der Waals surface area contributed by atoms with E-state index >= 15 is 0 Å². The SMILES string of the molecule is CCNC(=O)CCNC1CC=CCC1. The van der Waals surface area contributed by atoms with E-state index < -0.39 is 0 Å². The Bertz CT molecular complexity index is 201. The summed E-state index contributed by atoms with van der Waals surface area (Å²) in [5.41, 5.74) is 0. The van der Waals surface area contributed by atoms with Gasteiger partial charge < -0.3 is 10.6 Å². The van der Waals surface area contributed by atoms with E-state index in [2.05, 4.69) is 22.8 Å². The summed E-state index contributed by atoms with van der Waals surface area (Å²) in [6.07, 6.45) is 8.50.